The Labute approximate surface area is 103 Å². The van der Waals surface area contributed by atoms with Gasteiger partial charge in [-0.1, -0.05) is 20.8 Å². The van der Waals surface area contributed by atoms with Gasteiger partial charge >= 0.3 is 6.18 Å². The van der Waals surface area contributed by atoms with Gasteiger partial charge in [0.1, 0.15) is 0 Å². The molecular formula is C13H26F3N. The summed E-state index contributed by atoms with van der Waals surface area (Å²) in [6.07, 6.45) is -3.89. The van der Waals surface area contributed by atoms with Crippen LogP contribution < -0.4 is 0 Å². The standard InChI is InChI=1S/C13H26F3N/c1-11(2,3)7-9-17(12(4,5)6)10-8-13(14,15)16/h7-10H2,1-6H3. The minimum Gasteiger partial charge on any atom is -0.298 e. The fourth-order valence-corrected chi connectivity index (χ4v) is 1.51. The maximum absolute atomic E-state index is 12.3. The van der Waals surface area contributed by atoms with Crippen LogP contribution in [-0.4, -0.2) is 29.7 Å². The minimum atomic E-state index is -4.06. The van der Waals surface area contributed by atoms with Crippen LogP contribution in [-0.2, 0) is 0 Å². The Morgan fingerprint density at radius 3 is 1.47 bits per heavy atom. The lowest BCUT2D eigenvalue weighted by molar-refractivity contribution is -0.140. The molecule has 0 unspecified atom stereocenters. The lowest BCUT2D eigenvalue weighted by atomic mass is 9.91. The van der Waals surface area contributed by atoms with Crippen molar-refractivity contribution in [1.29, 1.82) is 0 Å². The summed E-state index contributed by atoms with van der Waals surface area (Å²) in [5, 5.41) is 0. The lowest BCUT2D eigenvalue weighted by Gasteiger charge is -2.37. The van der Waals surface area contributed by atoms with Crippen molar-refractivity contribution in [3.8, 4) is 0 Å². The molecule has 0 rings (SSSR count). The molecule has 0 aromatic rings. The molecule has 1 nitrogen and oxygen atoms in total. The molecule has 0 aliphatic heterocycles. The highest BCUT2D eigenvalue weighted by atomic mass is 19.4. The van der Waals surface area contributed by atoms with Crippen molar-refractivity contribution >= 4 is 0 Å². The summed E-state index contributed by atoms with van der Waals surface area (Å²) in [4.78, 5) is 1.92. The van der Waals surface area contributed by atoms with Gasteiger partial charge in [-0.25, -0.2) is 0 Å². The first-order valence-electron chi connectivity index (χ1n) is 6.13. The SMILES string of the molecule is CC(C)(C)CCN(CCC(F)(F)F)C(C)(C)C. The summed E-state index contributed by atoms with van der Waals surface area (Å²) in [6, 6.07) is 0. The maximum Gasteiger partial charge on any atom is 0.390 e. The number of halogens is 3. The molecule has 104 valence electrons. The number of hydrogen-bond acceptors (Lipinski definition) is 1. The molecule has 0 fully saturated rings. The van der Waals surface area contributed by atoms with Crippen LogP contribution in [0.4, 0.5) is 13.2 Å². The third kappa shape index (κ3) is 9.45. The molecule has 0 saturated heterocycles. The predicted octanol–water partition coefficient (Wildman–Crippen LogP) is 4.48. The molecule has 17 heavy (non-hydrogen) atoms. The van der Waals surface area contributed by atoms with Crippen molar-refractivity contribution in [2.24, 2.45) is 5.41 Å². The van der Waals surface area contributed by atoms with E-state index < -0.39 is 12.6 Å². The quantitative estimate of drug-likeness (QED) is 0.714. The van der Waals surface area contributed by atoms with Gasteiger partial charge in [0, 0.05) is 12.1 Å². The smallest absolute Gasteiger partial charge is 0.298 e. The van der Waals surface area contributed by atoms with Gasteiger partial charge < -0.3 is 0 Å². The number of alkyl halides is 3. The fraction of sp³-hybridized carbons (Fsp3) is 1.00. The van der Waals surface area contributed by atoms with E-state index in [4.69, 9.17) is 0 Å². The zero-order valence-corrected chi connectivity index (χ0v) is 11.9. The molecule has 0 aliphatic rings. The van der Waals surface area contributed by atoms with Crippen LogP contribution in [0.15, 0.2) is 0 Å². The molecule has 0 N–H and O–H groups in total. The van der Waals surface area contributed by atoms with Crippen LogP contribution in [0.3, 0.4) is 0 Å². The van der Waals surface area contributed by atoms with Gasteiger partial charge in [0.05, 0.1) is 6.42 Å². The third-order valence-electron chi connectivity index (χ3n) is 2.75. The van der Waals surface area contributed by atoms with Crippen molar-refractivity contribution in [2.45, 2.75) is 66.1 Å². The molecule has 0 bridgehead atoms. The Bertz CT molecular complexity index is 202. The van der Waals surface area contributed by atoms with Gasteiger partial charge in [-0.2, -0.15) is 13.2 Å². The van der Waals surface area contributed by atoms with Gasteiger partial charge in [-0.05, 0) is 39.2 Å². The monoisotopic (exact) mass is 253 g/mol. The molecule has 0 aromatic carbocycles. The van der Waals surface area contributed by atoms with E-state index >= 15 is 0 Å². The van der Waals surface area contributed by atoms with E-state index in [2.05, 4.69) is 20.8 Å². The van der Waals surface area contributed by atoms with Crippen molar-refractivity contribution in [2.75, 3.05) is 13.1 Å². The summed E-state index contributed by atoms with van der Waals surface area (Å²) >= 11 is 0. The molecule has 0 heterocycles. The second kappa shape index (κ2) is 5.59. The van der Waals surface area contributed by atoms with Crippen LogP contribution in [0.2, 0.25) is 0 Å². The second-order valence-corrected chi connectivity index (χ2v) is 6.83. The molecule has 0 aliphatic carbocycles. The molecule has 0 atom stereocenters. The van der Waals surface area contributed by atoms with Crippen LogP contribution in [0.5, 0.6) is 0 Å². The zero-order valence-electron chi connectivity index (χ0n) is 11.9. The number of rotatable bonds is 4. The zero-order chi connectivity index (χ0) is 13.9. The Morgan fingerprint density at radius 2 is 1.18 bits per heavy atom. The molecule has 0 radical (unpaired) electrons. The van der Waals surface area contributed by atoms with Gasteiger partial charge in [-0.15, -0.1) is 0 Å². The average molecular weight is 253 g/mol. The Balaban J connectivity index is 4.37. The van der Waals surface area contributed by atoms with E-state index in [9.17, 15) is 13.2 Å². The van der Waals surface area contributed by atoms with Crippen LogP contribution in [0.25, 0.3) is 0 Å². The van der Waals surface area contributed by atoms with Crippen molar-refractivity contribution < 1.29 is 13.2 Å². The summed E-state index contributed by atoms with van der Waals surface area (Å²) < 4.78 is 36.8. The Hall–Kier alpha value is -0.250. The molecule has 4 heteroatoms. The first-order chi connectivity index (χ1) is 7.31. The van der Waals surface area contributed by atoms with Crippen molar-refractivity contribution in [3.05, 3.63) is 0 Å². The first-order valence-corrected chi connectivity index (χ1v) is 6.13. The van der Waals surface area contributed by atoms with Crippen LogP contribution >= 0.6 is 0 Å². The average Bonchev–Trinajstić information content (AvgIpc) is 1.96. The fourth-order valence-electron chi connectivity index (χ4n) is 1.51. The van der Waals surface area contributed by atoms with E-state index in [1.54, 1.807) is 0 Å². The van der Waals surface area contributed by atoms with Crippen LogP contribution in [0, 0.1) is 5.41 Å². The second-order valence-electron chi connectivity index (χ2n) is 6.83. The summed E-state index contributed by atoms with van der Waals surface area (Å²) in [7, 11) is 0. The molecule has 0 spiro atoms. The van der Waals surface area contributed by atoms with Crippen LogP contribution in [0.1, 0.15) is 54.4 Å². The predicted molar refractivity (Wildman–Crippen MR) is 66.1 cm³/mol. The highest BCUT2D eigenvalue weighted by molar-refractivity contribution is 4.78. The van der Waals surface area contributed by atoms with Crippen molar-refractivity contribution in [1.82, 2.24) is 4.90 Å². The van der Waals surface area contributed by atoms with E-state index in [0.29, 0.717) is 6.54 Å². The van der Waals surface area contributed by atoms with Gasteiger partial charge in [0.25, 0.3) is 0 Å². The minimum absolute atomic E-state index is 0.0864. The Morgan fingerprint density at radius 1 is 0.765 bits per heavy atom. The van der Waals surface area contributed by atoms with Gasteiger partial charge in [-0.3, -0.25) is 4.90 Å². The first kappa shape index (κ1) is 16.8. The lowest BCUT2D eigenvalue weighted by Crippen LogP contribution is -2.44. The highest BCUT2D eigenvalue weighted by Crippen LogP contribution is 2.25. The summed E-state index contributed by atoms with van der Waals surface area (Å²) in [5.74, 6) is 0. The molecule has 0 saturated carbocycles. The van der Waals surface area contributed by atoms with Crippen molar-refractivity contribution in [3.63, 3.8) is 0 Å². The molecular weight excluding hydrogens is 227 g/mol. The summed E-state index contributed by atoms with van der Waals surface area (Å²) in [5.41, 5.74) is -0.0573. The number of nitrogens with zero attached hydrogens (tertiary/aromatic N) is 1. The van der Waals surface area contributed by atoms with E-state index in [0.717, 1.165) is 6.42 Å². The maximum atomic E-state index is 12.3. The topological polar surface area (TPSA) is 3.24 Å². The van der Waals surface area contributed by atoms with E-state index in [-0.39, 0.29) is 17.5 Å². The van der Waals surface area contributed by atoms with E-state index in [1.165, 1.54) is 0 Å². The summed E-state index contributed by atoms with van der Waals surface area (Å²) in [6.45, 7) is 13.0. The number of hydrogen-bond donors (Lipinski definition) is 0. The van der Waals surface area contributed by atoms with Gasteiger partial charge in [0.15, 0.2) is 0 Å². The Kier molecular flexibility index (Phi) is 5.51. The largest absolute Gasteiger partial charge is 0.390 e. The third-order valence-corrected chi connectivity index (χ3v) is 2.75. The normalized spacial score (nSPS) is 14.5. The molecule has 0 aromatic heterocycles. The van der Waals surface area contributed by atoms with Gasteiger partial charge in [0.2, 0.25) is 0 Å². The highest BCUT2D eigenvalue weighted by Gasteiger charge is 2.31. The van der Waals surface area contributed by atoms with E-state index in [1.807, 2.05) is 25.7 Å². The molecule has 0 amide bonds.